The van der Waals surface area contributed by atoms with Crippen molar-refractivity contribution in [1.29, 1.82) is 0 Å². The van der Waals surface area contributed by atoms with Gasteiger partial charge in [0.2, 0.25) is 5.91 Å². The van der Waals surface area contributed by atoms with E-state index in [-0.39, 0.29) is 28.4 Å². The quantitative estimate of drug-likeness (QED) is 0.927. The molecule has 0 radical (unpaired) electrons. The molecule has 8 heteroatoms. The van der Waals surface area contributed by atoms with Gasteiger partial charge in [-0.1, -0.05) is 35.3 Å². The Morgan fingerprint density at radius 2 is 2.00 bits per heavy atom. The summed E-state index contributed by atoms with van der Waals surface area (Å²) in [6, 6.07) is 5.42. The fourth-order valence-electron chi connectivity index (χ4n) is 1.82. The number of rotatable bonds is 4. The molecule has 1 amide bonds. The van der Waals surface area contributed by atoms with Crippen LogP contribution in [0.3, 0.4) is 0 Å². The molecular formula is C14H12Cl2FN3O2. The van der Waals surface area contributed by atoms with Gasteiger partial charge in [-0.25, -0.2) is 9.07 Å². The lowest BCUT2D eigenvalue weighted by Crippen LogP contribution is -2.35. The van der Waals surface area contributed by atoms with Crippen molar-refractivity contribution < 1.29 is 9.18 Å². The van der Waals surface area contributed by atoms with E-state index in [2.05, 4.69) is 10.4 Å². The molecule has 0 unspecified atom stereocenters. The third-order valence-electron chi connectivity index (χ3n) is 2.98. The number of benzene rings is 1. The van der Waals surface area contributed by atoms with Crippen LogP contribution in [-0.2, 0) is 11.3 Å². The van der Waals surface area contributed by atoms with Crippen LogP contribution in [-0.4, -0.2) is 15.7 Å². The van der Waals surface area contributed by atoms with E-state index in [1.54, 1.807) is 19.1 Å². The molecule has 1 aromatic carbocycles. The highest BCUT2D eigenvalue weighted by Gasteiger charge is 2.13. The van der Waals surface area contributed by atoms with Crippen LogP contribution in [0.15, 0.2) is 35.3 Å². The molecule has 0 aliphatic carbocycles. The van der Waals surface area contributed by atoms with Gasteiger partial charge in [0, 0.05) is 0 Å². The van der Waals surface area contributed by atoms with E-state index >= 15 is 0 Å². The first-order valence-electron chi connectivity index (χ1n) is 6.34. The lowest BCUT2D eigenvalue weighted by atomic mass is 10.1. The van der Waals surface area contributed by atoms with E-state index in [4.69, 9.17) is 23.2 Å². The summed E-state index contributed by atoms with van der Waals surface area (Å²) in [5.41, 5.74) is 0.1000. The van der Waals surface area contributed by atoms with Crippen LogP contribution in [0.2, 0.25) is 10.0 Å². The maximum atomic E-state index is 12.9. The summed E-state index contributed by atoms with van der Waals surface area (Å²) in [7, 11) is 0. The van der Waals surface area contributed by atoms with Gasteiger partial charge in [-0.3, -0.25) is 9.59 Å². The molecule has 5 nitrogen and oxygen atoms in total. The summed E-state index contributed by atoms with van der Waals surface area (Å²) < 4.78 is 13.8. The molecule has 22 heavy (non-hydrogen) atoms. The van der Waals surface area contributed by atoms with E-state index in [0.29, 0.717) is 0 Å². The van der Waals surface area contributed by atoms with Crippen LogP contribution in [0.1, 0.15) is 18.5 Å². The summed E-state index contributed by atoms with van der Waals surface area (Å²) in [6.07, 6.45) is 1.20. The van der Waals surface area contributed by atoms with E-state index in [1.807, 2.05) is 0 Å². The van der Waals surface area contributed by atoms with Gasteiger partial charge >= 0.3 is 0 Å². The van der Waals surface area contributed by atoms with Crippen LogP contribution in [0.25, 0.3) is 0 Å². The van der Waals surface area contributed by atoms with Crippen LogP contribution >= 0.6 is 23.2 Å². The van der Waals surface area contributed by atoms with Crippen molar-refractivity contribution in [2.75, 3.05) is 0 Å². The number of hydrogen-bond acceptors (Lipinski definition) is 3. The Morgan fingerprint density at radius 1 is 1.36 bits per heavy atom. The van der Waals surface area contributed by atoms with E-state index in [9.17, 15) is 14.0 Å². The number of halogens is 3. The Balaban J connectivity index is 2.06. The number of carbonyl (C=O) groups excluding carboxylic acids is 1. The molecule has 1 atom stereocenters. The SMILES string of the molecule is C[C@@H](NC(=O)Cn1ncc(Cl)c(Cl)c1=O)c1ccc(F)cc1. The van der Waals surface area contributed by atoms with Gasteiger partial charge in [-0.05, 0) is 24.6 Å². The van der Waals surface area contributed by atoms with Crippen molar-refractivity contribution >= 4 is 29.1 Å². The largest absolute Gasteiger partial charge is 0.348 e. The van der Waals surface area contributed by atoms with Crippen LogP contribution in [0, 0.1) is 5.82 Å². The molecule has 0 fully saturated rings. The number of hydrogen-bond donors (Lipinski definition) is 1. The molecule has 0 bridgehead atoms. The zero-order chi connectivity index (χ0) is 16.3. The van der Waals surface area contributed by atoms with Gasteiger partial charge in [-0.15, -0.1) is 0 Å². The number of carbonyl (C=O) groups is 1. The lowest BCUT2D eigenvalue weighted by molar-refractivity contribution is -0.122. The third kappa shape index (κ3) is 3.84. The molecule has 1 aromatic heterocycles. The number of aromatic nitrogens is 2. The molecule has 116 valence electrons. The molecule has 1 N–H and O–H groups in total. The standard InChI is InChI=1S/C14H12Cl2FN3O2/c1-8(9-2-4-10(17)5-3-9)19-12(21)7-20-14(22)13(16)11(15)6-18-20/h2-6,8H,7H2,1H3,(H,19,21)/t8-/m1/s1. The van der Waals surface area contributed by atoms with Gasteiger partial charge in [0.05, 0.1) is 17.3 Å². The fraction of sp³-hybridized carbons (Fsp3) is 0.214. The Morgan fingerprint density at radius 3 is 2.64 bits per heavy atom. The van der Waals surface area contributed by atoms with E-state index in [1.165, 1.54) is 18.3 Å². The average molecular weight is 344 g/mol. The smallest absolute Gasteiger partial charge is 0.287 e. The first kappa shape index (κ1) is 16.5. The predicted octanol–water partition coefficient (Wildman–Crippen LogP) is 2.57. The second-order valence-electron chi connectivity index (χ2n) is 4.61. The summed E-state index contributed by atoms with van der Waals surface area (Å²) in [4.78, 5) is 23.7. The highest BCUT2D eigenvalue weighted by Crippen LogP contribution is 2.15. The molecule has 2 aromatic rings. The molecule has 0 saturated heterocycles. The number of nitrogens with zero attached hydrogens (tertiary/aromatic N) is 2. The molecule has 2 rings (SSSR count). The van der Waals surface area contributed by atoms with Gasteiger partial charge in [0.25, 0.3) is 5.56 Å². The molecule has 1 heterocycles. The van der Waals surface area contributed by atoms with Gasteiger partial charge in [0.1, 0.15) is 17.4 Å². The Bertz CT molecular complexity index is 747. The van der Waals surface area contributed by atoms with Crippen LogP contribution in [0.4, 0.5) is 4.39 Å². The van der Waals surface area contributed by atoms with Crippen molar-refractivity contribution in [1.82, 2.24) is 15.1 Å². The molecule has 0 spiro atoms. The Labute approximate surface area is 135 Å². The van der Waals surface area contributed by atoms with Gasteiger partial charge in [-0.2, -0.15) is 5.10 Å². The maximum Gasteiger partial charge on any atom is 0.287 e. The van der Waals surface area contributed by atoms with Gasteiger partial charge in [0.15, 0.2) is 0 Å². The van der Waals surface area contributed by atoms with Crippen LogP contribution < -0.4 is 10.9 Å². The topological polar surface area (TPSA) is 64.0 Å². The summed E-state index contributed by atoms with van der Waals surface area (Å²) in [5.74, 6) is -0.779. The number of amides is 1. The van der Waals surface area contributed by atoms with E-state index < -0.39 is 11.5 Å². The Hall–Kier alpha value is -1.92. The summed E-state index contributed by atoms with van der Waals surface area (Å²) >= 11 is 11.4. The molecule has 0 saturated carbocycles. The fourth-order valence-corrected chi connectivity index (χ4v) is 2.09. The minimum atomic E-state index is -0.640. The summed E-state index contributed by atoms with van der Waals surface area (Å²) in [5, 5.41) is 6.28. The average Bonchev–Trinajstić information content (AvgIpc) is 2.48. The maximum absolute atomic E-state index is 12.9. The first-order valence-corrected chi connectivity index (χ1v) is 7.10. The second kappa shape index (κ2) is 6.89. The predicted molar refractivity (Wildman–Crippen MR) is 81.5 cm³/mol. The van der Waals surface area contributed by atoms with Crippen molar-refractivity contribution in [2.24, 2.45) is 0 Å². The molecular weight excluding hydrogens is 332 g/mol. The second-order valence-corrected chi connectivity index (χ2v) is 5.40. The molecule has 0 aliphatic rings. The van der Waals surface area contributed by atoms with Gasteiger partial charge < -0.3 is 5.32 Å². The summed E-state index contributed by atoms with van der Waals surface area (Å²) in [6.45, 7) is 1.46. The van der Waals surface area contributed by atoms with Crippen molar-refractivity contribution in [3.63, 3.8) is 0 Å². The zero-order valence-corrected chi connectivity index (χ0v) is 13.0. The zero-order valence-electron chi connectivity index (χ0n) is 11.5. The lowest BCUT2D eigenvalue weighted by Gasteiger charge is -2.14. The Kier molecular flexibility index (Phi) is 5.15. The minimum Gasteiger partial charge on any atom is -0.348 e. The van der Waals surface area contributed by atoms with Crippen molar-refractivity contribution in [3.05, 3.63) is 62.2 Å². The first-order chi connectivity index (χ1) is 10.4. The highest BCUT2D eigenvalue weighted by atomic mass is 35.5. The highest BCUT2D eigenvalue weighted by molar-refractivity contribution is 6.41. The van der Waals surface area contributed by atoms with E-state index in [0.717, 1.165) is 10.2 Å². The normalized spacial score (nSPS) is 12.0. The minimum absolute atomic E-state index is 0.0306. The monoisotopic (exact) mass is 343 g/mol. The van der Waals surface area contributed by atoms with Crippen molar-refractivity contribution in [3.8, 4) is 0 Å². The van der Waals surface area contributed by atoms with Crippen LogP contribution in [0.5, 0.6) is 0 Å². The van der Waals surface area contributed by atoms with Crippen molar-refractivity contribution in [2.45, 2.75) is 19.5 Å². The molecule has 0 aliphatic heterocycles. The number of nitrogens with one attached hydrogen (secondary N) is 1. The third-order valence-corrected chi connectivity index (χ3v) is 3.73.